The summed E-state index contributed by atoms with van der Waals surface area (Å²) in [6, 6.07) is 16.3. The van der Waals surface area contributed by atoms with Crippen LogP contribution in [0.2, 0.25) is 0 Å². The number of amides is 1. The van der Waals surface area contributed by atoms with Crippen molar-refractivity contribution in [2.45, 2.75) is 26.0 Å². The third kappa shape index (κ3) is 6.14. The van der Waals surface area contributed by atoms with Crippen molar-refractivity contribution in [3.05, 3.63) is 71.8 Å². The van der Waals surface area contributed by atoms with Crippen molar-refractivity contribution in [3.63, 3.8) is 0 Å². The first-order valence-corrected chi connectivity index (χ1v) is 8.06. The van der Waals surface area contributed by atoms with Crippen molar-refractivity contribution in [1.29, 1.82) is 0 Å². The van der Waals surface area contributed by atoms with E-state index in [-0.39, 0.29) is 0 Å². The van der Waals surface area contributed by atoms with Crippen molar-refractivity contribution in [1.82, 2.24) is 5.32 Å². The molecule has 2 aromatic carbocycles. The lowest BCUT2D eigenvalue weighted by atomic mass is 10.2. The molecule has 0 fully saturated rings. The highest BCUT2D eigenvalue weighted by Crippen LogP contribution is 2.15. The highest BCUT2D eigenvalue weighted by molar-refractivity contribution is 5.94. The fourth-order valence-corrected chi connectivity index (χ4v) is 2.15. The summed E-state index contributed by atoms with van der Waals surface area (Å²) >= 11 is 0. The Morgan fingerprint density at radius 2 is 1.80 bits per heavy atom. The fourth-order valence-electron chi connectivity index (χ4n) is 2.15. The lowest BCUT2D eigenvalue weighted by Crippen LogP contribution is -2.39. The zero-order valence-corrected chi connectivity index (χ0v) is 14.0. The Morgan fingerprint density at radius 3 is 2.40 bits per heavy atom. The first kappa shape index (κ1) is 18.3. The lowest BCUT2D eigenvalue weighted by Gasteiger charge is -2.09. The van der Waals surface area contributed by atoms with Gasteiger partial charge in [-0.2, -0.15) is 0 Å². The van der Waals surface area contributed by atoms with Gasteiger partial charge in [0, 0.05) is 6.08 Å². The number of carboxylic acid groups (broad SMARTS) is 1. The van der Waals surface area contributed by atoms with Gasteiger partial charge in [-0.25, -0.2) is 4.79 Å². The third-order valence-corrected chi connectivity index (χ3v) is 3.58. The minimum atomic E-state index is -1.04. The molecule has 0 heterocycles. The van der Waals surface area contributed by atoms with Gasteiger partial charge in [0.1, 0.15) is 18.4 Å². The number of carbonyl (C=O) groups is 2. The zero-order valence-electron chi connectivity index (χ0n) is 14.0. The van der Waals surface area contributed by atoms with Crippen molar-refractivity contribution < 1.29 is 19.4 Å². The molecule has 1 unspecified atom stereocenters. The second-order valence-electron chi connectivity index (χ2n) is 5.48. The SMILES string of the molecule is CCC(NC(=O)/C=C/c1ccc(OCc2ccccc2)cc1)C(=O)O. The zero-order chi connectivity index (χ0) is 18.1. The Bertz CT molecular complexity index is 723. The summed E-state index contributed by atoms with van der Waals surface area (Å²) in [5, 5.41) is 11.4. The maximum atomic E-state index is 11.7. The summed E-state index contributed by atoms with van der Waals surface area (Å²) in [6.45, 7) is 2.20. The largest absolute Gasteiger partial charge is 0.489 e. The predicted octanol–water partition coefficient (Wildman–Crippen LogP) is 3.26. The maximum absolute atomic E-state index is 11.7. The molecule has 2 rings (SSSR count). The van der Waals surface area contributed by atoms with E-state index in [4.69, 9.17) is 9.84 Å². The summed E-state index contributed by atoms with van der Waals surface area (Å²) in [6.07, 6.45) is 3.29. The van der Waals surface area contributed by atoms with Crippen LogP contribution in [0.4, 0.5) is 0 Å². The minimum absolute atomic E-state index is 0.336. The highest BCUT2D eigenvalue weighted by atomic mass is 16.5. The summed E-state index contributed by atoms with van der Waals surface area (Å²) in [5.41, 5.74) is 1.91. The van der Waals surface area contributed by atoms with E-state index in [2.05, 4.69) is 5.32 Å². The molecule has 1 atom stereocenters. The van der Waals surface area contributed by atoms with E-state index in [1.807, 2.05) is 54.6 Å². The smallest absolute Gasteiger partial charge is 0.326 e. The summed E-state index contributed by atoms with van der Waals surface area (Å²) in [5.74, 6) is -0.731. The molecular weight excluding hydrogens is 318 g/mol. The van der Waals surface area contributed by atoms with E-state index in [1.165, 1.54) is 6.08 Å². The van der Waals surface area contributed by atoms with Gasteiger partial charge in [0.15, 0.2) is 0 Å². The molecule has 130 valence electrons. The van der Waals surface area contributed by atoms with Crippen LogP contribution in [0.25, 0.3) is 6.08 Å². The van der Waals surface area contributed by atoms with Crippen LogP contribution < -0.4 is 10.1 Å². The molecule has 1 amide bonds. The Balaban J connectivity index is 1.87. The normalized spacial score (nSPS) is 11.9. The van der Waals surface area contributed by atoms with Gasteiger partial charge in [0.25, 0.3) is 0 Å². The molecule has 0 bridgehead atoms. The second-order valence-corrected chi connectivity index (χ2v) is 5.48. The van der Waals surface area contributed by atoms with Crippen molar-refractivity contribution in [2.75, 3.05) is 0 Å². The number of ether oxygens (including phenoxy) is 1. The quantitative estimate of drug-likeness (QED) is 0.724. The average Bonchev–Trinajstić information content (AvgIpc) is 2.64. The number of carboxylic acids is 1. The molecule has 0 saturated carbocycles. The number of carbonyl (C=O) groups excluding carboxylic acids is 1. The lowest BCUT2D eigenvalue weighted by molar-refractivity contribution is -0.141. The predicted molar refractivity (Wildman–Crippen MR) is 96.1 cm³/mol. The first-order valence-electron chi connectivity index (χ1n) is 8.06. The number of hydrogen-bond acceptors (Lipinski definition) is 3. The number of benzene rings is 2. The van der Waals surface area contributed by atoms with Crippen LogP contribution in [0.1, 0.15) is 24.5 Å². The number of nitrogens with one attached hydrogen (secondary N) is 1. The first-order chi connectivity index (χ1) is 12.1. The third-order valence-electron chi connectivity index (χ3n) is 3.58. The molecule has 25 heavy (non-hydrogen) atoms. The van der Waals surface area contributed by atoms with Gasteiger partial charge < -0.3 is 15.2 Å². The van der Waals surface area contributed by atoms with E-state index in [0.29, 0.717) is 13.0 Å². The number of hydrogen-bond donors (Lipinski definition) is 2. The maximum Gasteiger partial charge on any atom is 0.326 e. The van der Waals surface area contributed by atoms with Gasteiger partial charge in [-0.3, -0.25) is 4.79 Å². The minimum Gasteiger partial charge on any atom is -0.489 e. The molecule has 0 spiro atoms. The van der Waals surface area contributed by atoms with Gasteiger partial charge in [0.05, 0.1) is 0 Å². The molecular formula is C20H21NO4. The topological polar surface area (TPSA) is 75.6 Å². The van der Waals surface area contributed by atoms with E-state index < -0.39 is 17.9 Å². The van der Waals surface area contributed by atoms with E-state index in [0.717, 1.165) is 16.9 Å². The van der Waals surface area contributed by atoms with Crippen LogP contribution >= 0.6 is 0 Å². The molecule has 2 aromatic rings. The van der Waals surface area contributed by atoms with E-state index >= 15 is 0 Å². The van der Waals surface area contributed by atoms with Gasteiger partial charge >= 0.3 is 5.97 Å². The Hall–Kier alpha value is -3.08. The number of aliphatic carboxylic acids is 1. The summed E-state index contributed by atoms with van der Waals surface area (Å²) < 4.78 is 5.70. The number of rotatable bonds is 8. The molecule has 5 nitrogen and oxygen atoms in total. The molecule has 5 heteroatoms. The Morgan fingerprint density at radius 1 is 1.12 bits per heavy atom. The van der Waals surface area contributed by atoms with E-state index in [1.54, 1.807) is 13.0 Å². The molecule has 0 radical (unpaired) electrons. The molecule has 0 saturated heterocycles. The highest BCUT2D eigenvalue weighted by Gasteiger charge is 2.15. The molecule has 0 aromatic heterocycles. The van der Waals surface area contributed by atoms with Gasteiger partial charge in [-0.15, -0.1) is 0 Å². The standard InChI is InChI=1S/C20H21NO4/c1-2-18(20(23)24)21-19(22)13-10-15-8-11-17(12-9-15)25-14-16-6-4-3-5-7-16/h3-13,18H,2,14H2,1H3,(H,21,22)(H,23,24)/b13-10+. The van der Waals surface area contributed by atoms with E-state index in [9.17, 15) is 9.59 Å². The summed E-state index contributed by atoms with van der Waals surface area (Å²) in [4.78, 5) is 22.6. The second kappa shape index (κ2) is 9.27. The van der Waals surface area contributed by atoms with Gasteiger partial charge in [-0.05, 0) is 35.8 Å². The van der Waals surface area contributed by atoms with Crippen LogP contribution in [0.5, 0.6) is 5.75 Å². The summed E-state index contributed by atoms with van der Waals surface area (Å²) in [7, 11) is 0. The van der Waals surface area contributed by atoms with Crippen molar-refractivity contribution in [3.8, 4) is 5.75 Å². The Kier molecular flexibility index (Phi) is 6.77. The Labute approximate surface area is 146 Å². The van der Waals surface area contributed by atoms with Crippen LogP contribution in [-0.4, -0.2) is 23.0 Å². The monoisotopic (exact) mass is 339 g/mol. The van der Waals surface area contributed by atoms with Gasteiger partial charge in [-0.1, -0.05) is 49.4 Å². The van der Waals surface area contributed by atoms with Crippen molar-refractivity contribution in [2.24, 2.45) is 0 Å². The average molecular weight is 339 g/mol. The molecule has 0 aliphatic rings. The van der Waals surface area contributed by atoms with Crippen LogP contribution in [0, 0.1) is 0 Å². The molecule has 2 N–H and O–H groups in total. The van der Waals surface area contributed by atoms with Crippen LogP contribution in [0.15, 0.2) is 60.7 Å². The van der Waals surface area contributed by atoms with Crippen LogP contribution in [0.3, 0.4) is 0 Å². The van der Waals surface area contributed by atoms with Crippen LogP contribution in [-0.2, 0) is 16.2 Å². The fraction of sp³-hybridized carbons (Fsp3) is 0.200. The molecule has 0 aliphatic heterocycles. The molecule has 0 aliphatic carbocycles. The van der Waals surface area contributed by atoms with Gasteiger partial charge in [0.2, 0.25) is 5.91 Å². The van der Waals surface area contributed by atoms with Crippen molar-refractivity contribution >= 4 is 18.0 Å².